The molecular formula is C21H29ClN6OS. The number of aromatic nitrogens is 2. The Hall–Kier alpha value is -1.90. The monoisotopic (exact) mass is 448 g/mol. The Bertz CT molecular complexity index is 854. The van der Waals surface area contributed by atoms with Gasteiger partial charge in [0.05, 0.1) is 6.54 Å². The summed E-state index contributed by atoms with van der Waals surface area (Å²) in [6, 6.07) is 7.93. The van der Waals surface area contributed by atoms with Gasteiger partial charge in [-0.3, -0.25) is 9.69 Å². The second-order valence-corrected chi connectivity index (χ2v) is 8.98. The van der Waals surface area contributed by atoms with Crippen molar-refractivity contribution in [1.29, 1.82) is 0 Å². The smallest absolute Gasteiger partial charge is 0.236 e. The third-order valence-electron chi connectivity index (χ3n) is 5.80. The second kappa shape index (κ2) is 9.94. The number of nitrogens with zero attached hydrogens (tertiary/aromatic N) is 6. The number of carbonyl (C=O) groups is 1. The van der Waals surface area contributed by atoms with Crippen LogP contribution >= 0.6 is 23.1 Å². The van der Waals surface area contributed by atoms with Gasteiger partial charge in [0.15, 0.2) is 0 Å². The lowest BCUT2D eigenvalue weighted by Crippen LogP contribution is -2.51. The van der Waals surface area contributed by atoms with E-state index >= 15 is 0 Å². The third kappa shape index (κ3) is 5.22. The standard InChI is InChI=1S/C21H29ClN6OS/c1-2-19-23-21(30-24-19)28-8-4-7-25(9-10-28)16-20(29)27-13-11-26(12-14-27)18-6-3-5-17(22)15-18/h3,5-6,15H,2,4,7-14,16H2,1H3. The van der Waals surface area contributed by atoms with E-state index in [4.69, 9.17) is 11.6 Å². The van der Waals surface area contributed by atoms with Crippen LogP contribution in [0.2, 0.25) is 5.02 Å². The number of amides is 1. The number of halogens is 1. The van der Waals surface area contributed by atoms with E-state index in [1.807, 2.05) is 23.1 Å². The molecule has 1 aromatic carbocycles. The van der Waals surface area contributed by atoms with E-state index in [2.05, 4.69) is 37.0 Å². The largest absolute Gasteiger partial charge is 0.368 e. The van der Waals surface area contributed by atoms with E-state index in [-0.39, 0.29) is 5.91 Å². The zero-order valence-corrected chi connectivity index (χ0v) is 19.0. The highest BCUT2D eigenvalue weighted by Crippen LogP contribution is 2.21. The minimum atomic E-state index is 0.235. The summed E-state index contributed by atoms with van der Waals surface area (Å²) in [7, 11) is 0. The number of aryl methyl sites for hydroxylation is 1. The van der Waals surface area contributed by atoms with Gasteiger partial charge in [-0.2, -0.15) is 4.37 Å². The molecule has 0 radical (unpaired) electrons. The summed E-state index contributed by atoms with van der Waals surface area (Å²) in [5.74, 6) is 1.15. The summed E-state index contributed by atoms with van der Waals surface area (Å²) in [5, 5.41) is 1.76. The van der Waals surface area contributed by atoms with E-state index in [1.54, 1.807) is 0 Å². The fourth-order valence-corrected chi connectivity index (χ4v) is 5.00. The molecule has 2 fully saturated rings. The Kier molecular flexibility index (Phi) is 7.07. The molecule has 2 aliphatic heterocycles. The predicted octanol–water partition coefficient (Wildman–Crippen LogP) is 2.61. The summed E-state index contributed by atoms with van der Waals surface area (Å²) in [6.07, 6.45) is 1.91. The van der Waals surface area contributed by atoms with Crippen LogP contribution in [0.5, 0.6) is 0 Å². The van der Waals surface area contributed by atoms with Crippen molar-refractivity contribution in [3.05, 3.63) is 35.1 Å². The number of hydrogen-bond acceptors (Lipinski definition) is 7. The normalized spacial score (nSPS) is 18.5. The van der Waals surface area contributed by atoms with Crippen LogP contribution in [0.15, 0.2) is 24.3 Å². The number of piperazine rings is 1. The minimum absolute atomic E-state index is 0.235. The quantitative estimate of drug-likeness (QED) is 0.700. The molecule has 0 atom stereocenters. The molecular weight excluding hydrogens is 420 g/mol. The predicted molar refractivity (Wildman–Crippen MR) is 123 cm³/mol. The van der Waals surface area contributed by atoms with Crippen molar-refractivity contribution < 1.29 is 4.79 Å². The second-order valence-electron chi connectivity index (χ2n) is 7.81. The molecule has 4 rings (SSSR count). The van der Waals surface area contributed by atoms with Crippen molar-refractivity contribution in [3.63, 3.8) is 0 Å². The molecule has 2 aliphatic rings. The van der Waals surface area contributed by atoms with Crippen LogP contribution in [-0.4, -0.2) is 84.0 Å². The van der Waals surface area contributed by atoms with E-state index in [1.165, 1.54) is 11.5 Å². The molecule has 3 heterocycles. The van der Waals surface area contributed by atoms with Crippen LogP contribution in [0.4, 0.5) is 10.8 Å². The molecule has 1 aromatic heterocycles. The molecule has 0 aliphatic carbocycles. The Morgan fingerprint density at radius 1 is 1.07 bits per heavy atom. The van der Waals surface area contributed by atoms with Crippen LogP contribution in [0.1, 0.15) is 19.2 Å². The molecule has 0 spiro atoms. The molecule has 2 saturated heterocycles. The van der Waals surface area contributed by atoms with Gasteiger partial charge in [0.1, 0.15) is 5.82 Å². The zero-order valence-electron chi connectivity index (χ0n) is 17.5. The number of rotatable bonds is 5. The lowest BCUT2D eigenvalue weighted by molar-refractivity contribution is -0.132. The molecule has 0 unspecified atom stereocenters. The van der Waals surface area contributed by atoms with Crippen molar-refractivity contribution in [2.75, 3.05) is 68.7 Å². The summed E-state index contributed by atoms with van der Waals surface area (Å²) in [6.45, 7) is 9.49. The molecule has 0 N–H and O–H groups in total. The zero-order chi connectivity index (χ0) is 20.9. The highest BCUT2D eigenvalue weighted by molar-refractivity contribution is 7.09. The van der Waals surface area contributed by atoms with Crippen molar-refractivity contribution in [1.82, 2.24) is 19.2 Å². The van der Waals surface area contributed by atoms with Gasteiger partial charge in [0, 0.05) is 81.0 Å². The van der Waals surface area contributed by atoms with Crippen molar-refractivity contribution in [2.45, 2.75) is 19.8 Å². The topological polar surface area (TPSA) is 55.8 Å². The molecule has 30 heavy (non-hydrogen) atoms. The Morgan fingerprint density at radius 2 is 1.87 bits per heavy atom. The van der Waals surface area contributed by atoms with E-state index in [9.17, 15) is 4.79 Å². The van der Waals surface area contributed by atoms with Gasteiger partial charge in [-0.05, 0) is 24.6 Å². The summed E-state index contributed by atoms with van der Waals surface area (Å²) in [5.41, 5.74) is 1.13. The highest BCUT2D eigenvalue weighted by atomic mass is 35.5. The van der Waals surface area contributed by atoms with Crippen LogP contribution < -0.4 is 9.80 Å². The maximum Gasteiger partial charge on any atom is 0.236 e. The van der Waals surface area contributed by atoms with E-state index in [0.717, 1.165) is 86.9 Å². The van der Waals surface area contributed by atoms with Gasteiger partial charge in [0.2, 0.25) is 11.0 Å². The van der Waals surface area contributed by atoms with E-state index in [0.29, 0.717) is 6.54 Å². The fourth-order valence-electron chi connectivity index (χ4n) is 4.02. The minimum Gasteiger partial charge on any atom is -0.368 e. The lowest BCUT2D eigenvalue weighted by atomic mass is 10.2. The van der Waals surface area contributed by atoms with Gasteiger partial charge < -0.3 is 14.7 Å². The fraction of sp³-hybridized carbons (Fsp3) is 0.571. The maximum absolute atomic E-state index is 12.9. The van der Waals surface area contributed by atoms with Crippen molar-refractivity contribution in [2.24, 2.45) is 0 Å². The Labute approximate surface area is 187 Å². The number of benzene rings is 1. The molecule has 0 saturated carbocycles. The summed E-state index contributed by atoms with van der Waals surface area (Å²) < 4.78 is 4.41. The van der Waals surface area contributed by atoms with Crippen LogP contribution in [0, 0.1) is 0 Å². The van der Waals surface area contributed by atoms with Crippen LogP contribution in [0.3, 0.4) is 0 Å². The average Bonchev–Trinajstić information content (AvgIpc) is 3.13. The van der Waals surface area contributed by atoms with Gasteiger partial charge in [0.25, 0.3) is 0 Å². The molecule has 2 aromatic rings. The molecule has 7 nitrogen and oxygen atoms in total. The molecule has 0 bridgehead atoms. The Balaban J connectivity index is 1.25. The first-order chi connectivity index (χ1) is 14.6. The average molecular weight is 449 g/mol. The highest BCUT2D eigenvalue weighted by Gasteiger charge is 2.25. The maximum atomic E-state index is 12.9. The van der Waals surface area contributed by atoms with Gasteiger partial charge in [-0.15, -0.1) is 0 Å². The molecule has 9 heteroatoms. The SMILES string of the molecule is CCc1nsc(N2CCCN(CC(=O)N3CCN(c4cccc(Cl)c4)CC3)CC2)n1. The van der Waals surface area contributed by atoms with Gasteiger partial charge in [-0.25, -0.2) is 4.98 Å². The number of anilines is 2. The van der Waals surface area contributed by atoms with Crippen LogP contribution in [-0.2, 0) is 11.2 Å². The number of carbonyl (C=O) groups excluding carboxylic acids is 1. The first kappa shape index (κ1) is 21.3. The first-order valence-electron chi connectivity index (χ1n) is 10.7. The van der Waals surface area contributed by atoms with Crippen molar-refractivity contribution in [3.8, 4) is 0 Å². The van der Waals surface area contributed by atoms with Gasteiger partial charge in [-0.1, -0.05) is 24.6 Å². The molecule has 1 amide bonds. The summed E-state index contributed by atoms with van der Waals surface area (Å²) in [4.78, 5) is 26.4. The lowest BCUT2D eigenvalue weighted by Gasteiger charge is -2.37. The van der Waals surface area contributed by atoms with Crippen molar-refractivity contribution >= 4 is 39.9 Å². The molecule has 162 valence electrons. The first-order valence-corrected chi connectivity index (χ1v) is 11.9. The Morgan fingerprint density at radius 3 is 2.60 bits per heavy atom. The summed E-state index contributed by atoms with van der Waals surface area (Å²) >= 11 is 7.60. The number of hydrogen-bond donors (Lipinski definition) is 0. The van der Waals surface area contributed by atoms with Gasteiger partial charge >= 0.3 is 0 Å². The van der Waals surface area contributed by atoms with E-state index < -0.39 is 0 Å². The third-order valence-corrected chi connectivity index (χ3v) is 6.85. The van der Waals surface area contributed by atoms with Crippen LogP contribution in [0.25, 0.3) is 0 Å².